The molecule has 0 aromatic heterocycles. The van der Waals surface area contributed by atoms with Crippen molar-refractivity contribution < 1.29 is 14.7 Å². The number of rotatable bonds is 3. The van der Waals surface area contributed by atoms with E-state index >= 15 is 0 Å². The summed E-state index contributed by atoms with van der Waals surface area (Å²) < 4.78 is 0.426. The van der Waals surface area contributed by atoms with Crippen LogP contribution in [0.3, 0.4) is 0 Å². The Bertz CT molecular complexity index is 1120. The number of benzene rings is 3. The molecule has 3 aromatic carbocycles. The fraction of sp³-hybridized carbons (Fsp3) is 0. The van der Waals surface area contributed by atoms with Crippen molar-refractivity contribution in [3.8, 4) is 0 Å². The van der Waals surface area contributed by atoms with E-state index in [1.54, 1.807) is 12.1 Å². The van der Waals surface area contributed by atoms with E-state index in [-0.39, 0.29) is 11.5 Å². The van der Waals surface area contributed by atoms with E-state index < -0.39 is 5.97 Å². The number of amides is 1. The van der Waals surface area contributed by atoms with Crippen LogP contribution in [0.2, 0.25) is 0 Å². The fourth-order valence-electron chi connectivity index (χ4n) is 2.89. The second-order valence-electron chi connectivity index (χ2n) is 5.98. The molecule has 1 aliphatic heterocycles. The summed E-state index contributed by atoms with van der Waals surface area (Å²) in [6, 6.07) is 20.2. The molecule has 0 spiro atoms. The Kier molecular flexibility index (Phi) is 4.51. The van der Waals surface area contributed by atoms with Gasteiger partial charge in [-0.05, 0) is 52.7 Å². The number of carboxylic acid groups (broad SMARTS) is 1. The molecular formula is C21H13NO3S2. The van der Waals surface area contributed by atoms with E-state index in [9.17, 15) is 9.59 Å². The second-order valence-corrected chi connectivity index (χ2v) is 7.65. The number of hydrogen-bond acceptors (Lipinski definition) is 4. The maximum absolute atomic E-state index is 12.8. The van der Waals surface area contributed by atoms with E-state index in [1.165, 1.54) is 28.8 Å². The summed E-state index contributed by atoms with van der Waals surface area (Å²) in [5, 5.41) is 11.2. The van der Waals surface area contributed by atoms with Crippen LogP contribution in [0.25, 0.3) is 16.8 Å². The molecule has 1 fully saturated rings. The first-order valence-corrected chi connectivity index (χ1v) is 9.35. The first kappa shape index (κ1) is 17.5. The van der Waals surface area contributed by atoms with Crippen molar-refractivity contribution >= 4 is 62.7 Å². The van der Waals surface area contributed by atoms with Crippen molar-refractivity contribution in [1.29, 1.82) is 0 Å². The predicted octanol–water partition coefficient (Wildman–Crippen LogP) is 4.94. The summed E-state index contributed by atoms with van der Waals surface area (Å²) in [4.78, 5) is 25.8. The summed E-state index contributed by atoms with van der Waals surface area (Å²) in [5.74, 6) is -1.22. The number of carbonyl (C=O) groups excluding carboxylic acids is 1. The van der Waals surface area contributed by atoms with E-state index in [1.807, 2.05) is 48.5 Å². The molecule has 0 unspecified atom stereocenters. The monoisotopic (exact) mass is 391 g/mol. The van der Waals surface area contributed by atoms with Gasteiger partial charge in [0.05, 0.1) is 16.2 Å². The third kappa shape index (κ3) is 3.37. The molecule has 1 heterocycles. The van der Waals surface area contributed by atoms with Gasteiger partial charge in [0, 0.05) is 0 Å². The predicted molar refractivity (Wildman–Crippen MR) is 113 cm³/mol. The normalized spacial score (nSPS) is 15.7. The number of thioether (sulfide) groups is 1. The number of fused-ring (bicyclic) bond motifs is 1. The van der Waals surface area contributed by atoms with Crippen LogP contribution < -0.4 is 4.90 Å². The highest BCUT2D eigenvalue weighted by Crippen LogP contribution is 2.36. The molecule has 4 nitrogen and oxygen atoms in total. The molecule has 0 saturated carbocycles. The lowest BCUT2D eigenvalue weighted by Crippen LogP contribution is -2.27. The third-order valence-electron chi connectivity index (χ3n) is 4.24. The zero-order chi connectivity index (χ0) is 19.0. The molecule has 0 bridgehead atoms. The van der Waals surface area contributed by atoms with Crippen LogP contribution in [0, 0.1) is 0 Å². The van der Waals surface area contributed by atoms with Gasteiger partial charge in [0.25, 0.3) is 5.91 Å². The molecule has 3 aromatic rings. The third-order valence-corrected chi connectivity index (χ3v) is 5.54. The van der Waals surface area contributed by atoms with Crippen LogP contribution in [0.5, 0.6) is 0 Å². The Morgan fingerprint density at radius 2 is 1.70 bits per heavy atom. The van der Waals surface area contributed by atoms with Crippen molar-refractivity contribution in [2.75, 3.05) is 4.90 Å². The lowest BCUT2D eigenvalue weighted by molar-refractivity contribution is -0.113. The fourth-order valence-corrected chi connectivity index (χ4v) is 4.19. The molecule has 6 heteroatoms. The van der Waals surface area contributed by atoms with Crippen molar-refractivity contribution in [1.82, 2.24) is 0 Å². The highest BCUT2D eigenvalue weighted by Gasteiger charge is 2.33. The molecule has 27 heavy (non-hydrogen) atoms. The number of carboxylic acids is 1. The molecule has 1 amide bonds. The van der Waals surface area contributed by atoms with Crippen molar-refractivity contribution in [2.45, 2.75) is 0 Å². The molecular weight excluding hydrogens is 378 g/mol. The first-order valence-electron chi connectivity index (χ1n) is 8.13. The summed E-state index contributed by atoms with van der Waals surface area (Å²) in [6.45, 7) is 0. The van der Waals surface area contributed by atoms with Gasteiger partial charge in [-0.1, -0.05) is 60.4 Å². The Labute approximate surface area is 165 Å². The second kappa shape index (κ2) is 6.98. The van der Waals surface area contributed by atoms with Gasteiger partial charge in [-0.25, -0.2) is 4.79 Å². The van der Waals surface area contributed by atoms with Crippen molar-refractivity contribution in [2.24, 2.45) is 0 Å². The van der Waals surface area contributed by atoms with Crippen LogP contribution in [0.1, 0.15) is 15.9 Å². The number of hydrogen-bond donors (Lipinski definition) is 1. The summed E-state index contributed by atoms with van der Waals surface area (Å²) in [5.41, 5.74) is 1.65. The zero-order valence-corrected chi connectivity index (χ0v) is 15.6. The molecule has 1 saturated heterocycles. The molecule has 1 N–H and O–H groups in total. The maximum Gasteiger partial charge on any atom is 0.335 e. The number of thiocarbonyl (C=S) groups is 1. The van der Waals surface area contributed by atoms with E-state index in [2.05, 4.69) is 0 Å². The molecule has 1 aliphatic rings. The quantitative estimate of drug-likeness (QED) is 0.506. The highest BCUT2D eigenvalue weighted by molar-refractivity contribution is 8.27. The largest absolute Gasteiger partial charge is 0.478 e. The van der Waals surface area contributed by atoms with Gasteiger partial charge in [-0.15, -0.1) is 0 Å². The molecule has 0 aliphatic carbocycles. The van der Waals surface area contributed by atoms with Gasteiger partial charge < -0.3 is 5.11 Å². The van der Waals surface area contributed by atoms with Crippen molar-refractivity contribution in [3.05, 3.63) is 82.8 Å². The summed E-state index contributed by atoms with van der Waals surface area (Å²) in [6.07, 6.45) is 1.83. The zero-order valence-electron chi connectivity index (χ0n) is 14.0. The maximum atomic E-state index is 12.8. The van der Waals surface area contributed by atoms with Gasteiger partial charge >= 0.3 is 5.97 Å². The molecule has 4 rings (SSSR count). The SMILES string of the molecule is O=C(O)c1ccc(N2C(=O)/C(=C\c3ccc4ccccc4c3)SC2=S)cc1. The van der Waals surface area contributed by atoms with Crippen molar-refractivity contribution in [3.63, 3.8) is 0 Å². The van der Waals surface area contributed by atoms with Crippen LogP contribution in [0.4, 0.5) is 5.69 Å². The van der Waals surface area contributed by atoms with E-state index in [4.69, 9.17) is 17.3 Å². The van der Waals surface area contributed by atoms with Gasteiger partial charge in [-0.3, -0.25) is 9.69 Å². The van der Waals surface area contributed by atoms with Gasteiger partial charge in [0.1, 0.15) is 0 Å². The highest BCUT2D eigenvalue weighted by atomic mass is 32.2. The Hall–Kier alpha value is -2.96. The van der Waals surface area contributed by atoms with E-state index in [0.717, 1.165) is 16.3 Å². The molecule has 0 atom stereocenters. The number of anilines is 1. The van der Waals surface area contributed by atoms with Crippen LogP contribution in [-0.2, 0) is 4.79 Å². The lowest BCUT2D eigenvalue weighted by atomic mass is 10.1. The van der Waals surface area contributed by atoms with Gasteiger partial charge in [0.2, 0.25) is 0 Å². The van der Waals surface area contributed by atoms with Crippen LogP contribution >= 0.6 is 24.0 Å². The summed E-state index contributed by atoms with van der Waals surface area (Å²) >= 11 is 6.61. The minimum absolute atomic E-state index is 0.163. The average molecular weight is 391 g/mol. The van der Waals surface area contributed by atoms with Crippen LogP contribution in [-0.4, -0.2) is 21.3 Å². The first-order chi connectivity index (χ1) is 13.0. The Balaban J connectivity index is 1.65. The smallest absolute Gasteiger partial charge is 0.335 e. The number of aromatic carboxylic acids is 1. The minimum atomic E-state index is -1.01. The topological polar surface area (TPSA) is 57.6 Å². The lowest BCUT2D eigenvalue weighted by Gasteiger charge is -2.14. The number of carbonyl (C=O) groups is 2. The van der Waals surface area contributed by atoms with E-state index in [0.29, 0.717) is 14.9 Å². The Morgan fingerprint density at radius 3 is 2.41 bits per heavy atom. The van der Waals surface area contributed by atoms with Gasteiger partial charge in [-0.2, -0.15) is 0 Å². The van der Waals surface area contributed by atoms with Crippen LogP contribution in [0.15, 0.2) is 71.6 Å². The average Bonchev–Trinajstić information content (AvgIpc) is 2.95. The summed E-state index contributed by atoms with van der Waals surface area (Å²) in [7, 11) is 0. The number of nitrogens with zero attached hydrogens (tertiary/aromatic N) is 1. The molecule has 132 valence electrons. The minimum Gasteiger partial charge on any atom is -0.478 e. The van der Waals surface area contributed by atoms with Gasteiger partial charge in [0.15, 0.2) is 4.32 Å². The Morgan fingerprint density at radius 1 is 1.00 bits per heavy atom. The molecule has 0 radical (unpaired) electrons. The standard InChI is InChI=1S/C21H13NO3S2/c23-19-18(12-13-5-6-14-3-1-2-4-16(14)11-13)27-21(26)22(19)17-9-7-15(8-10-17)20(24)25/h1-12H,(H,24,25)/b18-12+.